The third kappa shape index (κ3) is 2.78. The van der Waals surface area contributed by atoms with Gasteiger partial charge in [-0.2, -0.15) is 0 Å². The van der Waals surface area contributed by atoms with Gasteiger partial charge in [-0.1, -0.05) is 13.3 Å². The van der Waals surface area contributed by atoms with Gasteiger partial charge in [0.2, 0.25) is 0 Å². The predicted molar refractivity (Wildman–Crippen MR) is 57.2 cm³/mol. The van der Waals surface area contributed by atoms with Crippen LogP contribution in [0.25, 0.3) is 0 Å². The van der Waals surface area contributed by atoms with Crippen molar-refractivity contribution in [2.45, 2.75) is 50.5 Å². The number of aliphatic hydroxyl groups excluding tert-OH is 2. The van der Waals surface area contributed by atoms with Crippen molar-refractivity contribution in [2.24, 2.45) is 0 Å². The van der Waals surface area contributed by atoms with E-state index in [1.165, 1.54) is 0 Å². The summed E-state index contributed by atoms with van der Waals surface area (Å²) >= 11 is 0. The van der Waals surface area contributed by atoms with E-state index in [4.69, 9.17) is 18.9 Å². The van der Waals surface area contributed by atoms with Gasteiger partial charge in [0.1, 0.15) is 31.2 Å². The first-order valence-electron chi connectivity index (χ1n) is 6.06. The Balaban J connectivity index is 2.06. The van der Waals surface area contributed by atoms with Crippen molar-refractivity contribution in [3.8, 4) is 0 Å². The molecule has 17 heavy (non-hydrogen) atoms. The van der Waals surface area contributed by atoms with Crippen molar-refractivity contribution in [2.75, 3.05) is 20.0 Å². The molecule has 2 fully saturated rings. The summed E-state index contributed by atoms with van der Waals surface area (Å²) in [6.07, 6.45) is -0.272. The van der Waals surface area contributed by atoms with E-state index < -0.39 is 12.2 Å². The summed E-state index contributed by atoms with van der Waals surface area (Å²) in [6, 6.07) is 0. The molecule has 0 spiro atoms. The molecule has 0 bridgehead atoms. The second kappa shape index (κ2) is 6.08. The van der Waals surface area contributed by atoms with E-state index in [-0.39, 0.29) is 38.5 Å². The van der Waals surface area contributed by atoms with Crippen LogP contribution in [0.3, 0.4) is 0 Å². The molecule has 0 saturated carbocycles. The van der Waals surface area contributed by atoms with Crippen LogP contribution >= 0.6 is 0 Å². The number of aliphatic hydroxyl groups is 2. The molecule has 2 N–H and O–H groups in total. The third-order valence-corrected chi connectivity index (χ3v) is 3.12. The molecule has 2 rings (SSSR count). The SMILES string of the molecule is CCCC1OC(CO)C2OCOC(CO)C2O1. The summed E-state index contributed by atoms with van der Waals surface area (Å²) in [6.45, 7) is 1.88. The van der Waals surface area contributed by atoms with Gasteiger partial charge in [-0.15, -0.1) is 0 Å². The molecule has 2 aliphatic rings. The summed E-state index contributed by atoms with van der Waals surface area (Å²) in [4.78, 5) is 0. The van der Waals surface area contributed by atoms with E-state index >= 15 is 0 Å². The van der Waals surface area contributed by atoms with E-state index in [1.54, 1.807) is 0 Å². The van der Waals surface area contributed by atoms with Crippen LogP contribution in [-0.2, 0) is 18.9 Å². The quantitative estimate of drug-likeness (QED) is 0.706. The first kappa shape index (κ1) is 13.2. The zero-order valence-electron chi connectivity index (χ0n) is 9.95. The van der Waals surface area contributed by atoms with Crippen molar-refractivity contribution in [3.05, 3.63) is 0 Å². The fourth-order valence-electron chi connectivity index (χ4n) is 2.25. The summed E-state index contributed by atoms with van der Waals surface area (Å²) < 4.78 is 22.0. The Hall–Kier alpha value is -0.240. The molecule has 2 aliphatic heterocycles. The van der Waals surface area contributed by atoms with Crippen LogP contribution in [0.1, 0.15) is 19.8 Å². The fourth-order valence-corrected chi connectivity index (χ4v) is 2.25. The van der Waals surface area contributed by atoms with Gasteiger partial charge in [-0.25, -0.2) is 0 Å². The molecule has 5 unspecified atom stereocenters. The molecule has 0 aromatic rings. The van der Waals surface area contributed by atoms with Crippen LogP contribution in [0.15, 0.2) is 0 Å². The number of hydrogen-bond acceptors (Lipinski definition) is 6. The van der Waals surface area contributed by atoms with Crippen LogP contribution in [-0.4, -0.2) is 60.9 Å². The molecule has 5 atom stereocenters. The normalized spacial score (nSPS) is 42.2. The molecule has 0 radical (unpaired) electrons. The predicted octanol–water partition coefficient (Wildman–Crippen LogP) is -0.377. The zero-order valence-corrected chi connectivity index (χ0v) is 9.95. The summed E-state index contributed by atoms with van der Waals surface area (Å²) in [5.74, 6) is 0. The minimum atomic E-state index is -0.414. The highest BCUT2D eigenvalue weighted by Crippen LogP contribution is 2.29. The van der Waals surface area contributed by atoms with Crippen LogP contribution in [0.2, 0.25) is 0 Å². The second-order valence-corrected chi connectivity index (χ2v) is 4.31. The Kier molecular flexibility index (Phi) is 4.72. The third-order valence-electron chi connectivity index (χ3n) is 3.12. The highest BCUT2D eigenvalue weighted by Gasteiger charge is 2.46. The summed E-state index contributed by atoms with van der Waals surface area (Å²) in [7, 11) is 0. The first-order chi connectivity index (χ1) is 8.30. The maximum Gasteiger partial charge on any atom is 0.158 e. The van der Waals surface area contributed by atoms with Crippen molar-refractivity contribution < 1.29 is 29.2 Å². The van der Waals surface area contributed by atoms with E-state index in [0.717, 1.165) is 12.8 Å². The van der Waals surface area contributed by atoms with Gasteiger partial charge >= 0.3 is 0 Å². The lowest BCUT2D eigenvalue weighted by atomic mass is 10.0. The molecule has 0 aromatic carbocycles. The van der Waals surface area contributed by atoms with Gasteiger partial charge in [-0.3, -0.25) is 0 Å². The van der Waals surface area contributed by atoms with Crippen molar-refractivity contribution in [3.63, 3.8) is 0 Å². The van der Waals surface area contributed by atoms with Crippen LogP contribution in [0.4, 0.5) is 0 Å². The number of rotatable bonds is 4. The molecular weight excluding hydrogens is 228 g/mol. The minimum Gasteiger partial charge on any atom is -0.394 e. The number of hydrogen-bond donors (Lipinski definition) is 2. The van der Waals surface area contributed by atoms with Crippen LogP contribution in [0.5, 0.6) is 0 Å². The first-order valence-corrected chi connectivity index (χ1v) is 6.06. The second-order valence-electron chi connectivity index (χ2n) is 4.31. The Labute approximate surface area is 100 Å². The minimum absolute atomic E-state index is 0.0913. The lowest BCUT2D eigenvalue weighted by Crippen LogP contribution is -2.61. The number of ether oxygens (including phenoxy) is 4. The fraction of sp³-hybridized carbons (Fsp3) is 1.00. The zero-order chi connectivity index (χ0) is 12.3. The molecule has 100 valence electrons. The molecule has 6 nitrogen and oxygen atoms in total. The molecule has 2 saturated heterocycles. The topological polar surface area (TPSA) is 77.4 Å². The Morgan fingerprint density at radius 2 is 1.76 bits per heavy atom. The molecule has 0 aliphatic carbocycles. The molecule has 0 amide bonds. The van der Waals surface area contributed by atoms with Gasteiger partial charge in [-0.05, 0) is 6.42 Å². The van der Waals surface area contributed by atoms with Gasteiger partial charge in [0.05, 0.1) is 13.2 Å². The summed E-state index contributed by atoms with van der Waals surface area (Å²) in [5, 5.41) is 18.6. The van der Waals surface area contributed by atoms with Crippen LogP contribution in [0, 0.1) is 0 Å². The van der Waals surface area contributed by atoms with E-state index in [9.17, 15) is 10.2 Å². The highest BCUT2D eigenvalue weighted by molar-refractivity contribution is 4.90. The van der Waals surface area contributed by atoms with Gasteiger partial charge in [0.15, 0.2) is 6.29 Å². The van der Waals surface area contributed by atoms with E-state index in [1.807, 2.05) is 6.92 Å². The van der Waals surface area contributed by atoms with Gasteiger partial charge < -0.3 is 29.2 Å². The lowest BCUT2D eigenvalue weighted by Gasteiger charge is -2.46. The monoisotopic (exact) mass is 248 g/mol. The average molecular weight is 248 g/mol. The largest absolute Gasteiger partial charge is 0.394 e. The molecular formula is C11H20O6. The Morgan fingerprint density at radius 3 is 2.41 bits per heavy atom. The van der Waals surface area contributed by atoms with Crippen molar-refractivity contribution in [1.29, 1.82) is 0 Å². The van der Waals surface area contributed by atoms with Crippen molar-refractivity contribution in [1.82, 2.24) is 0 Å². The van der Waals surface area contributed by atoms with E-state index in [2.05, 4.69) is 0 Å². The number of fused-ring (bicyclic) bond motifs is 1. The molecule has 2 heterocycles. The van der Waals surface area contributed by atoms with E-state index in [0.29, 0.717) is 0 Å². The van der Waals surface area contributed by atoms with Gasteiger partial charge in [0, 0.05) is 0 Å². The maximum atomic E-state index is 9.31. The Morgan fingerprint density at radius 1 is 1.00 bits per heavy atom. The van der Waals surface area contributed by atoms with Crippen LogP contribution < -0.4 is 0 Å². The molecule has 6 heteroatoms. The smallest absolute Gasteiger partial charge is 0.158 e. The average Bonchev–Trinajstić information content (AvgIpc) is 2.37. The Bertz CT molecular complexity index is 236. The molecule has 0 aromatic heterocycles. The maximum absolute atomic E-state index is 9.31. The van der Waals surface area contributed by atoms with Gasteiger partial charge in [0.25, 0.3) is 0 Å². The van der Waals surface area contributed by atoms with Crippen molar-refractivity contribution >= 4 is 0 Å². The highest BCUT2D eigenvalue weighted by atomic mass is 16.8. The lowest BCUT2D eigenvalue weighted by molar-refractivity contribution is -0.358. The summed E-state index contributed by atoms with van der Waals surface area (Å²) in [5.41, 5.74) is 0. The standard InChI is InChI=1S/C11H20O6/c1-2-3-9-16-8(5-13)10-11(17-9)7(4-12)14-6-15-10/h7-13H,2-6H2,1H3.